The van der Waals surface area contributed by atoms with E-state index >= 15 is 0 Å². The molecule has 5 heteroatoms. The third kappa shape index (κ3) is 2.34. The Balaban J connectivity index is 1.92. The van der Waals surface area contributed by atoms with Crippen molar-refractivity contribution in [3.05, 3.63) is 106 Å². The molecule has 4 aromatic rings. The van der Waals surface area contributed by atoms with Gasteiger partial charge in [0.25, 0.3) is 5.69 Å². The lowest BCUT2D eigenvalue weighted by Crippen LogP contribution is -2.38. The number of rotatable bonds is 3. The predicted molar refractivity (Wildman–Crippen MR) is 117 cm³/mol. The Morgan fingerprint density at radius 1 is 0.897 bits per heavy atom. The van der Waals surface area contributed by atoms with Gasteiger partial charge in [0, 0.05) is 28.4 Å². The Kier molecular flexibility index (Phi) is 3.64. The summed E-state index contributed by atoms with van der Waals surface area (Å²) in [6.07, 6.45) is 1.82. The number of anilines is 2. The van der Waals surface area contributed by atoms with Crippen molar-refractivity contribution < 1.29 is 4.92 Å². The number of hydrogen-bond acceptors (Lipinski definition) is 3. The van der Waals surface area contributed by atoms with Gasteiger partial charge < -0.3 is 9.47 Å². The van der Waals surface area contributed by atoms with Crippen molar-refractivity contribution >= 4 is 40.2 Å². The highest BCUT2D eigenvalue weighted by Gasteiger charge is 2.26. The van der Waals surface area contributed by atoms with E-state index in [1.165, 1.54) is 12.1 Å². The molecule has 0 N–H and O–H groups in total. The summed E-state index contributed by atoms with van der Waals surface area (Å²) in [5.41, 5.74) is 4.86. The largest absolute Gasteiger partial charge is 0.306 e. The molecule has 140 valence electrons. The minimum atomic E-state index is -0.391. The van der Waals surface area contributed by atoms with Crippen molar-refractivity contribution in [3.63, 3.8) is 0 Å². The number of benzene rings is 3. The van der Waals surface area contributed by atoms with Gasteiger partial charge in [0.1, 0.15) is 0 Å². The number of nitro benzene ring substituents is 1. The van der Waals surface area contributed by atoms with Crippen LogP contribution in [0.1, 0.15) is 0 Å². The summed E-state index contributed by atoms with van der Waals surface area (Å²) in [5, 5.41) is 14.1. The Labute approximate surface area is 166 Å². The number of aromatic nitrogens is 1. The molecule has 0 amide bonds. The zero-order valence-electron chi connectivity index (χ0n) is 15.6. The van der Waals surface area contributed by atoms with Gasteiger partial charge in [0.15, 0.2) is 0 Å². The lowest BCUT2D eigenvalue weighted by Gasteiger charge is -2.32. The van der Waals surface area contributed by atoms with Crippen LogP contribution in [0.2, 0.25) is 0 Å². The van der Waals surface area contributed by atoms with Crippen molar-refractivity contribution in [2.75, 3.05) is 4.90 Å². The summed E-state index contributed by atoms with van der Waals surface area (Å²) >= 11 is 0. The van der Waals surface area contributed by atoms with Gasteiger partial charge >= 0.3 is 0 Å². The van der Waals surface area contributed by atoms with Crippen molar-refractivity contribution in [3.8, 4) is 5.69 Å². The van der Waals surface area contributed by atoms with Gasteiger partial charge in [-0.05, 0) is 36.4 Å². The lowest BCUT2D eigenvalue weighted by molar-refractivity contribution is -0.384. The van der Waals surface area contributed by atoms with Gasteiger partial charge in [-0.25, -0.2) is 0 Å². The minimum Gasteiger partial charge on any atom is -0.306 e. The molecule has 1 aromatic heterocycles. The molecule has 29 heavy (non-hydrogen) atoms. The number of nitrogens with zero attached hydrogens (tertiary/aromatic N) is 3. The number of nitro groups is 1. The molecule has 0 fully saturated rings. The predicted octanol–water partition coefficient (Wildman–Crippen LogP) is 4.39. The first kappa shape index (κ1) is 17.0. The monoisotopic (exact) mass is 379 g/mol. The zero-order chi connectivity index (χ0) is 20.1. The van der Waals surface area contributed by atoms with Gasteiger partial charge in [0.2, 0.25) is 0 Å². The SMILES string of the molecule is C=CC1=c2c(=C)c3ccccc3n2-c2ccccc2N1c1ccc([N+](=O)[O-])cc1. The van der Waals surface area contributed by atoms with E-state index in [9.17, 15) is 10.1 Å². The molecule has 1 aliphatic rings. The van der Waals surface area contributed by atoms with Gasteiger partial charge in [-0.2, -0.15) is 0 Å². The second kappa shape index (κ2) is 6.21. The van der Waals surface area contributed by atoms with Gasteiger partial charge in [-0.15, -0.1) is 0 Å². The Hall–Kier alpha value is -4.12. The Morgan fingerprint density at radius 2 is 1.55 bits per heavy atom. The lowest BCUT2D eigenvalue weighted by atomic mass is 10.1. The maximum atomic E-state index is 11.1. The number of non-ortho nitro benzene ring substituents is 1. The van der Waals surface area contributed by atoms with Crippen molar-refractivity contribution in [2.45, 2.75) is 0 Å². The molecule has 0 radical (unpaired) electrons. The molecule has 0 spiro atoms. The van der Waals surface area contributed by atoms with E-state index in [2.05, 4.69) is 40.8 Å². The second-order valence-corrected chi connectivity index (χ2v) is 6.87. The van der Waals surface area contributed by atoms with E-state index in [1.54, 1.807) is 12.1 Å². The number of hydrogen-bond donors (Lipinski definition) is 0. The maximum Gasteiger partial charge on any atom is 0.269 e. The van der Waals surface area contributed by atoms with Gasteiger partial charge in [0.05, 0.1) is 32.9 Å². The van der Waals surface area contributed by atoms with Crippen LogP contribution in [-0.2, 0) is 0 Å². The smallest absolute Gasteiger partial charge is 0.269 e. The van der Waals surface area contributed by atoms with Crippen LogP contribution in [0.3, 0.4) is 0 Å². The highest BCUT2D eigenvalue weighted by atomic mass is 16.6. The molecule has 2 heterocycles. The molecule has 0 unspecified atom stereocenters. The van der Waals surface area contributed by atoms with E-state index in [1.807, 2.05) is 36.4 Å². The third-order valence-corrected chi connectivity index (χ3v) is 5.34. The average Bonchev–Trinajstić information content (AvgIpc) is 3.06. The van der Waals surface area contributed by atoms with Crippen LogP contribution in [0.4, 0.5) is 17.1 Å². The van der Waals surface area contributed by atoms with Crippen molar-refractivity contribution in [2.24, 2.45) is 0 Å². The summed E-state index contributed by atoms with van der Waals surface area (Å²) in [4.78, 5) is 12.8. The standard InChI is InChI=1S/C24H17N3O2/c1-3-20-24-16(2)19-8-4-5-9-21(19)26(24)23-11-7-6-10-22(23)25(20)17-12-14-18(15-13-17)27(28)29/h3-15H,1-2H2. The normalized spacial score (nSPS) is 12.6. The van der Waals surface area contributed by atoms with E-state index in [0.717, 1.165) is 44.2 Å². The molecule has 0 aliphatic carbocycles. The second-order valence-electron chi connectivity index (χ2n) is 6.87. The summed E-state index contributed by atoms with van der Waals surface area (Å²) in [6.45, 7) is 8.41. The minimum absolute atomic E-state index is 0.0613. The quantitative estimate of drug-likeness (QED) is 0.392. The van der Waals surface area contributed by atoms with Crippen LogP contribution in [0.25, 0.3) is 28.9 Å². The topological polar surface area (TPSA) is 51.3 Å². The van der Waals surface area contributed by atoms with Gasteiger partial charge in [-0.3, -0.25) is 10.1 Å². The van der Waals surface area contributed by atoms with Crippen molar-refractivity contribution in [1.29, 1.82) is 0 Å². The fraction of sp³-hybridized carbons (Fsp3) is 0. The van der Waals surface area contributed by atoms with Crippen molar-refractivity contribution in [1.82, 2.24) is 4.57 Å². The molecule has 3 aromatic carbocycles. The van der Waals surface area contributed by atoms with Crippen LogP contribution < -0.4 is 15.5 Å². The van der Waals surface area contributed by atoms with E-state index in [-0.39, 0.29) is 5.69 Å². The molecule has 5 nitrogen and oxygen atoms in total. The Bertz CT molecular complexity index is 1420. The highest BCUT2D eigenvalue weighted by Crippen LogP contribution is 2.38. The molecular formula is C24H17N3O2. The summed E-state index contributed by atoms with van der Waals surface area (Å²) < 4.78 is 2.21. The Morgan fingerprint density at radius 3 is 2.24 bits per heavy atom. The molecule has 0 atom stereocenters. The molecule has 1 aliphatic heterocycles. The molecule has 0 saturated carbocycles. The van der Waals surface area contributed by atoms with E-state index < -0.39 is 4.92 Å². The van der Waals surface area contributed by atoms with Crippen LogP contribution in [0.15, 0.2) is 85.5 Å². The van der Waals surface area contributed by atoms with E-state index in [4.69, 9.17) is 0 Å². The number of fused-ring (bicyclic) bond motifs is 5. The summed E-state index contributed by atoms with van der Waals surface area (Å²) in [7, 11) is 0. The molecular weight excluding hydrogens is 362 g/mol. The highest BCUT2D eigenvalue weighted by molar-refractivity contribution is 5.95. The first-order valence-electron chi connectivity index (χ1n) is 9.21. The van der Waals surface area contributed by atoms with Gasteiger partial charge in [-0.1, -0.05) is 43.5 Å². The molecule has 0 bridgehead atoms. The first-order valence-corrected chi connectivity index (χ1v) is 9.21. The van der Waals surface area contributed by atoms with Crippen LogP contribution in [0, 0.1) is 10.1 Å². The first-order chi connectivity index (χ1) is 14.1. The number of para-hydroxylation sites is 3. The van der Waals surface area contributed by atoms with Crippen LogP contribution >= 0.6 is 0 Å². The maximum absolute atomic E-state index is 11.1. The summed E-state index contributed by atoms with van der Waals surface area (Å²) in [6, 6.07) is 22.9. The fourth-order valence-electron chi connectivity index (χ4n) is 4.09. The fourth-order valence-corrected chi connectivity index (χ4v) is 4.09. The zero-order valence-corrected chi connectivity index (χ0v) is 15.6. The average molecular weight is 379 g/mol. The summed E-state index contributed by atoms with van der Waals surface area (Å²) in [5.74, 6) is 0. The third-order valence-electron chi connectivity index (χ3n) is 5.34. The van der Waals surface area contributed by atoms with Crippen LogP contribution in [-0.4, -0.2) is 9.49 Å². The molecule has 0 saturated heterocycles. The molecule has 5 rings (SSSR count). The van der Waals surface area contributed by atoms with Crippen LogP contribution in [0.5, 0.6) is 0 Å². The van der Waals surface area contributed by atoms with E-state index in [0.29, 0.717) is 0 Å².